The topological polar surface area (TPSA) is 71.0 Å². The molecule has 1 fully saturated rings. The number of halogens is 3. The van der Waals surface area contributed by atoms with E-state index < -0.39 is 25.1 Å². The highest BCUT2D eigenvalue weighted by atomic mass is 35.5. The molecule has 2 heterocycles. The van der Waals surface area contributed by atoms with Crippen molar-refractivity contribution in [2.45, 2.75) is 75.9 Å². The molecule has 3 aromatic carbocycles. The van der Waals surface area contributed by atoms with Gasteiger partial charge in [0.2, 0.25) is 0 Å². The lowest BCUT2D eigenvalue weighted by atomic mass is 9.59. The molecule has 10 heteroatoms. The van der Waals surface area contributed by atoms with Crippen LogP contribution >= 0.6 is 23.2 Å². The number of carboxylic acid groups (broad SMARTS) is 1. The molecule has 0 aliphatic carbocycles. The Balaban J connectivity index is 1.70. The molecule has 3 aromatic rings. The van der Waals surface area contributed by atoms with Gasteiger partial charge in [0.25, 0.3) is 0 Å². The van der Waals surface area contributed by atoms with Crippen LogP contribution in [0.1, 0.15) is 54.5 Å². The first-order valence-electron chi connectivity index (χ1n) is 15.5. The summed E-state index contributed by atoms with van der Waals surface area (Å²) in [4.78, 5) is 14.4. The SMILES string of the molecule is Cc1ccc(F)cc1[C@@H]1NCC[C@@H](c2cc(Cl)ccc2OC(C)(C)C(=O)O)[C@]12CN(COCC[Si](C)(C)C)c1cc(Cl)ccc12. The number of fused-ring (bicyclic) bond motifs is 2. The predicted molar refractivity (Wildman–Crippen MR) is 182 cm³/mol. The molecule has 0 amide bonds. The van der Waals surface area contributed by atoms with Crippen LogP contribution in [0, 0.1) is 12.7 Å². The average Bonchev–Trinajstić information content (AvgIpc) is 3.26. The van der Waals surface area contributed by atoms with Crippen LogP contribution in [0.25, 0.3) is 0 Å². The minimum absolute atomic E-state index is 0.184. The summed E-state index contributed by atoms with van der Waals surface area (Å²) in [6, 6.07) is 17.0. The van der Waals surface area contributed by atoms with Crippen molar-refractivity contribution in [1.29, 1.82) is 0 Å². The summed E-state index contributed by atoms with van der Waals surface area (Å²) >= 11 is 13.3. The van der Waals surface area contributed by atoms with Gasteiger partial charge in [0.1, 0.15) is 18.3 Å². The molecular weight excluding hydrogens is 630 g/mol. The summed E-state index contributed by atoms with van der Waals surface area (Å²) in [5.74, 6) is -1.09. The lowest BCUT2D eigenvalue weighted by Gasteiger charge is -2.50. The zero-order chi connectivity index (χ0) is 32.7. The van der Waals surface area contributed by atoms with Gasteiger partial charge in [-0.05, 0) is 104 Å². The molecule has 45 heavy (non-hydrogen) atoms. The fourth-order valence-corrected chi connectivity index (χ4v) is 7.92. The fourth-order valence-electron chi connectivity index (χ4n) is 6.82. The average molecular weight is 674 g/mol. The van der Waals surface area contributed by atoms with E-state index in [1.807, 2.05) is 31.2 Å². The number of rotatable bonds is 10. The van der Waals surface area contributed by atoms with Crippen LogP contribution in [-0.2, 0) is 14.9 Å². The summed E-state index contributed by atoms with van der Waals surface area (Å²) in [7, 11) is -1.29. The van der Waals surface area contributed by atoms with E-state index in [4.69, 9.17) is 32.7 Å². The van der Waals surface area contributed by atoms with Crippen LogP contribution in [-0.4, -0.2) is 51.2 Å². The van der Waals surface area contributed by atoms with Crippen LogP contribution < -0.4 is 15.0 Å². The molecule has 3 atom stereocenters. The molecule has 242 valence electrons. The van der Waals surface area contributed by atoms with E-state index in [0.717, 1.165) is 34.0 Å². The van der Waals surface area contributed by atoms with E-state index >= 15 is 0 Å². The Morgan fingerprint density at radius 1 is 1.09 bits per heavy atom. The third-order valence-electron chi connectivity index (χ3n) is 9.20. The summed E-state index contributed by atoms with van der Waals surface area (Å²) in [6.07, 6.45) is 0.710. The van der Waals surface area contributed by atoms with E-state index in [2.05, 4.69) is 35.9 Å². The van der Waals surface area contributed by atoms with Gasteiger partial charge in [-0.1, -0.05) is 55.0 Å². The molecule has 2 aliphatic heterocycles. The molecular formula is C35H43Cl2FN2O4Si. The number of nitrogens with one attached hydrogen (secondary N) is 1. The molecule has 2 aliphatic rings. The van der Waals surface area contributed by atoms with E-state index in [9.17, 15) is 14.3 Å². The smallest absolute Gasteiger partial charge is 0.347 e. The minimum Gasteiger partial charge on any atom is -0.478 e. The molecule has 0 aromatic heterocycles. The normalized spacial score (nSPS) is 21.7. The van der Waals surface area contributed by atoms with Gasteiger partial charge in [-0.2, -0.15) is 0 Å². The molecule has 2 N–H and O–H groups in total. The Hall–Kier alpha value is -2.62. The van der Waals surface area contributed by atoms with Crippen molar-refractivity contribution < 1.29 is 23.8 Å². The van der Waals surface area contributed by atoms with Crippen molar-refractivity contribution in [3.8, 4) is 5.75 Å². The Labute approximate surface area is 276 Å². The maximum atomic E-state index is 14.9. The highest BCUT2D eigenvalue weighted by Crippen LogP contribution is 2.60. The highest BCUT2D eigenvalue weighted by molar-refractivity contribution is 6.76. The van der Waals surface area contributed by atoms with Crippen LogP contribution in [0.2, 0.25) is 35.7 Å². The zero-order valence-electron chi connectivity index (χ0n) is 26.8. The Bertz CT molecular complexity index is 1580. The molecule has 0 bridgehead atoms. The molecule has 6 nitrogen and oxygen atoms in total. The molecule has 0 unspecified atom stereocenters. The van der Waals surface area contributed by atoms with Gasteiger partial charge in [-0.25, -0.2) is 9.18 Å². The van der Waals surface area contributed by atoms with E-state index in [-0.39, 0.29) is 17.8 Å². The van der Waals surface area contributed by atoms with E-state index in [0.29, 0.717) is 48.6 Å². The van der Waals surface area contributed by atoms with Crippen LogP contribution in [0.5, 0.6) is 5.75 Å². The molecule has 1 spiro atoms. The number of carboxylic acids is 1. The number of hydrogen-bond donors (Lipinski definition) is 2. The van der Waals surface area contributed by atoms with Crippen LogP contribution in [0.4, 0.5) is 10.1 Å². The van der Waals surface area contributed by atoms with Gasteiger partial charge in [-0.15, -0.1) is 0 Å². The predicted octanol–water partition coefficient (Wildman–Crippen LogP) is 8.57. The van der Waals surface area contributed by atoms with Crippen molar-refractivity contribution in [1.82, 2.24) is 5.32 Å². The number of piperidine rings is 1. The monoisotopic (exact) mass is 672 g/mol. The maximum absolute atomic E-state index is 14.9. The Morgan fingerprint density at radius 3 is 2.51 bits per heavy atom. The second-order valence-corrected chi connectivity index (χ2v) is 20.6. The number of nitrogens with zero attached hydrogens (tertiary/aromatic N) is 1. The van der Waals surface area contributed by atoms with Gasteiger partial charge < -0.3 is 24.8 Å². The summed E-state index contributed by atoms with van der Waals surface area (Å²) in [5.41, 5.74) is 2.59. The van der Waals surface area contributed by atoms with Crippen molar-refractivity contribution in [2.75, 3.05) is 31.3 Å². The second kappa shape index (κ2) is 12.9. The molecule has 0 saturated carbocycles. The van der Waals surface area contributed by atoms with Gasteiger partial charge >= 0.3 is 5.97 Å². The van der Waals surface area contributed by atoms with Crippen molar-refractivity contribution in [2.24, 2.45) is 0 Å². The van der Waals surface area contributed by atoms with Gasteiger partial charge in [-0.3, -0.25) is 0 Å². The quantitative estimate of drug-likeness (QED) is 0.166. The van der Waals surface area contributed by atoms with Crippen molar-refractivity contribution in [3.05, 3.63) is 92.7 Å². The zero-order valence-corrected chi connectivity index (χ0v) is 29.4. The number of aliphatic carboxylic acids is 1. The first-order chi connectivity index (χ1) is 21.1. The van der Waals surface area contributed by atoms with Crippen molar-refractivity contribution >= 4 is 42.9 Å². The van der Waals surface area contributed by atoms with Crippen molar-refractivity contribution in [3.63, 3.8) is 0 Å². The summed E-state index contributed by atoms with van der Waals surface area (Å²) in [5, 5.41) is 14.8. The number of aryl methyl sites for hydroxylation is 1. The fraction of sp³-hybridized carbons (Fsp3) is 0.457. The molecule has 1 saturated heterocycles. The van der Waals surface area contributed by atoms with E-state index in [1.165, 1.54) is 19.9 Å². The standard InChI is InChI=1S/C35H43Cl2FN2O4Si/c1-22-7-10-25(38)19-26(22)32-35(20-40(21-43-15-16-45(4,5)6)30-18-24(37)8-11-29(30)35)28(13-14-39-32)27-17-23(36)9-12-31(27)44-34(2,3)33(41)42/h7-12,17-19,28,32,39H,13-16,20-21H2,1-6H3,(H,41,42)/t28-,32-,35-/m0/s1. The number of benzene rings is 3. The minimum atomic E-state index is -1.47. The number of carbonyl (C=O) groups is 1. The third kappa shape index (κ3) is 6.91. The second-order valence-electron chi connectivity index (χ2n) is 14.1. The Kier molecular flexibility index (Phi) is 9.65. The lowest BCUT2D eigenvalue weighted by Crippen LogP contribution is -2.54. The molecule has 5 rings (SSSR count). The lowest BCUT2D eigenvalue weighted by molar-refractivity contribution is -0.152. The summed E-state index contributed by atoms with van der Waals surface area (Å²) in [6.45, 7) is 14.3. The first-order valence-corrected chi connectivity index (χ1v) is 19.9. The summed E-state index contributed by atoms with van der Waals surface area (Å²) < 4.78 is 27.5. The number of ether oxygens (including phenoxy) is 2. The van der Waals surface area contributed by atoms with Gasteiger partial charge in [0.15, 0.2) is 5.60 Å². The number of anilines is 1. The highest BCUT2D eigenvalue weighted by Gasteiger charge is 2.56. The molecule has 0 radical (unpaired) electrons. The maximum Gasteiger partial charge on any atom is 0.347 e. The van der Waals surface area contributed by atoms with E-state index in [1.54, 1.807) is 18.2 Å². The third-order valence-corrected chi connectivity index (χ3v) is 11.4. The Morgan fingerprint density at radius 2 is 1.80 bits per heavy atom. The van der Waals surface area contributed by atoms with Gasteiger partial charge in [0.05, 0.1) is 0 Å². The number of hydrogen-bond acceptors (Lipinski definition) is 5. The van der Waals surface area contributed by atoms with Crippen LogP contribution in [0.3, 0.4) is 0 Å². The van der Waals surface area contributed by atoms with Gasteiger partial charge in [0, 0.05) is 54.3 Å². The first kappa shape index (κ1) is 33.7. The van der Waals surface area contributed by atoms with Crippen LogP contribution in [0.15, 0.2) is 54.6 Å². The largest absolute Gasteiger partial charge is 0.478 e.